The number of phenols is 1. The van der Waals surface area contributed by atoms with E-state index < -0.39 is 0 Å². The molecule has 2 aromatic carbocycles. The van der Waals surface area contributed by atoms with Crippen LogP contribution in [0.25, 0.3) is 20.8 Å². The molecule has 1 aliphatic heterocycles. The first-order valence-corrected chi connectivity index (χ1v) is 10.1. The smallest absolute Gasteiger partial charge is 0.226 e. The van der Waals surface area contributed by atoms with E-state index in [0.717, 1.165) is 45.6 Å². The fraction of sp³-hybridized carbons (Fsp3) is 0.333. The van der Waals surface area contributed by atoms with E-state index in [1.165, 1.54) is 0 Å². The molecule has 138 valence electrons. The molecular weight excluding hydrogens is 360 g/mol. The summed E-state index contributed by atoms with van der Waals surface area (Å²) >= 11 is 1.60. The molecule has 1 N–H and O–H groups in total. The minimum Gasteiger partial charge on any atom is -0.504 e. The lowest BCUT2D eigenvalue weighted by molar-refractivity contribution is -0.138. The Hall–Kier alpha value is -2.60. The van der Waals surface area contributed by atoms with Crippen LogP contribution in [0, 0.1) is 5.92 Å². The van der Waals surface area contributed by atoms with E-state index in [2.05, 4.69) is 4.98 Å². The van der Waals surface area contributed by atoms with Crippen molar-refractivity contribution in [1.29, 1.82) is 0 Å². The molecule has 5 nitrogen and oxygen atoms in total. The molecule has 2 heterocycles. The van der Waals surface area contributed by atoms with Crippen molar-refractivity contribution in [2.75, 3.05) is 13.2 Å². The number of rotatable bonds is 2. The number of amides is 1. The normalized spacial score (nSPS) is 17.1. The first kappa shape index (κ1) is 16.6. The van der Waals surface area contributed by atoms with E-state index in [1.807, 2.05) is 35.2 Å². The molecule has 0 radical (unpaired) electrons. The number of benzene rings is 2. The van der Waals surface area contributed by atoms with Crippen molar-refractivity contribution in [3.63, 3.8) is 0 Å². The number of aromatic nitrogens is 1. The van der Waals surface area contributed by atoms with Crippen LogP contribution >= 0.6 is 11.3 Å². The van der Waals surface area contributed by atoms with Gasteiger partial charge in [-0.25, -0.2) is 4.98 Å². The monoisotopic (exact) mass is 380 g/mol. The summed E-state index contributed by atoms with van der Waals surface area (Å²) in [4.78, 5) is 19.3. The van der Waals surface area contributed by atoms with Crippen molar-refractivity contribution in [2.45, 2.75) is 25.8 Å². The summed E-state index contributed by atoms with van der Waals surface area (Å²) in [5, 5.41) is 11.4. The highest BCUT2D eigenvalue weighted by atomic mass is 32.1. The summed E-state index contributed by atoms with van der Waals surface area (Å²) in [6.45, 7) is 1.43. The Kier molecular flexibility index (Phi) is 4.01. The first-order chi connectivity index (χ1) is 13.2. The molecule has 3 aromatic rings. The Morgan fingerprint density at radius 2 is 2.11 bits per heavy atom. The second-order valence-corrected chi connectivity index (χ2v) is 8.24. The van der Waals surface area contributed by atoms with Crippen LogP contribution in [0.1, 0.15) is 24.8 Å². The Morgan fingerprint density at radius 1 is 1.26 bits per heavy atom. The molecule has 1 saturated carbocycles. The highest BCUT2D eigenvalue weighted by molar-refractivity contribution is 7.21. The van der Waals surface area contributed by atoms with Gasteiger partial charge in [0.2, 0.25) is 5.91 Å². The minimum atomic E-state index is 0.111. The summed E-state index contributed by atoms with van der Waals surface area (Å²) < 4.78 is 6.89. The Balaban J connectivity index is 1.51. The van der Waals surface area contributed by atoms with Crippen LogP contribution in [-0.2, 0) is 11.3 Å². The van der Waals surface area contributed by atoms with E-state index in [4.69, 9.17) is 4.74 Å². The number of ether oxygens (including phenoxy) is 1. The van der Waals surface area contributed by atoms with Crippen molar-refractivity contribution in [2.24, 2.45) is 5.92 Å². The van der Waals surface area contributed by atoms with E-state index in [0.29, 0.717) is 25.4 Å². The van der Waals surface area contributed by atoms with Crippen molar-refractivity contribution in [3.8, 4) is 22.1 Å². The van der Waals surface area contributed by atoms with E-state index >= 15 is 0 Å². The summed E-state index contributed by atoms with van der Waals surface area (Å²) in [5.41, 5.74) is 2.65. The zero-order valence-corrected chi connectivity index (χ0v) is 15.7. The van der Waals surface area contributed by atoms with Crippen molar-refractivity contribution >= 4 is 27.5 Å². The van der Waals surface area contributed by atoms with Crippen LogP contribution in [-0.4, -0.2) is 34.0 Å². The number of hydrogen-bond donors (Lipinski definition) is 1. The number of para-hydroxylation sites is 1. The number of carbonyl (C=O) groups excluding carboxylic acids is 1. The van der Waals surface area contributed by atoms with Gasteiger partial charge < -0.3 is 14.7 Å². The maximum absolute atomic E-state index is 12.7. The van der Waals surface area contributed by atoms with Gasteiger partial charge in [-0.05, 0) is 37.1 Å². The van der Waals surface area contributed by atoms with Gasteiger partial charge in [-0.1, -0.05) is 18.6 Å². The molecule has 1 aliphatic carbocycles. The van der Waals surface area contributed by atoms with Gasteiger partial charge in [0.1, 0.15) is 11.6 Å². The van der Waals surface area contributed by atoms with Crippen LogP contribution in [0.3, 0.4) is 0 Å². The molecular formula is C21H20N2O3S. The Morgan fingerprint density at radius 3 is 2.89 bits per heavy atom. The number of phenolic OH excluding ortho intramolecular Hbond substituents is 1. The maximum atomic E-state index is 12.7. The maximum Gasteiger partial charge on any atom is 0.226 e. The fourth-order valence-electron chi connectivity index (χ4n) is 3.72. The molecule has 1 fully saturated rings. The standard InChI is InChI=1S/C21H20N2O3S/c24-17-11-14(20-22-16-6-1-2-7-18(16)27-20)10-15-12-23(8-9-26-19(15)17)21(25)13-4-3-5-13/h1-2,6-7,10-11,13,24H,3-5,8-9,12H2. The number of aromatic hydroxyl groups is 1. The predicted octanol–water partition coefficient (Wildman–Crippen LogP) is 4.19. The van der Waals surface area contributed by atoms with Gasteiger partial charge in [-0.2, -0.15) is 0 Å². The molecule has 0 unspecified atom stereocenters. The van der Waals surface area contributed by atoms with E-state index in [-0.39, 0.29) is 17.6 Å². The van der Waals surface area contributed by atoms with Crippen molar-refractivity contribution < 1.29 is 14.6 Å². The van der Waals surface area contributed by atoms with Crippen molar-refractivity contribution in [3.05, 3.63) is 42.0 Å². The van der Waals surface area contributed by atoms with Gasteiger partial charge in [0, 0.05) is 23.6 Å². The Labute approximate surface area is 161 Å². The highest BCUT2D eigenvalue weighted by Gasteiger charge is 2.31. The third-order valence-electron chi connectivity index (χ3n) is 5.42. The van der Waals surface area contributed by atoms with Gasteiger partial charge in [0.05, 0.1) is 16.8 Å². The lowest BCUT2D eigenvalue weighted by Gasteiger charge is -2.30. The second-order valence-electron chi connectivity index (χ2n) is 7.21. The number of hydrogen-bond acceptors (Lipinski definition) is 5. The molecule has 0 atom stereocenters. The van der Waals surface area contributed by atoms with Crippen LogP contribution in [0.2, 0.25) is 0 Å². The molecule has 0 saturated heterocycles. The van der Waals surface area contributed by atoms with Gasteiger partial charge in [-0.3, -0.25) is 4.79 Å². The van der Waals surface area contributed by atoms with Crippen LogP contribution in [0.15, 0.2) is 36.4 Å². The number of nitrogens with zero attached hydrogens (tertiary/aromatic N) is 2. The molecule has 1 aromatic heterocycles. The average Bonchev–Trinajstić information content (AvgIpc) is 2.93. The molecule has 6 heteroatoms. The molecule has 2 aliphatic rings. The Bertz CT molecular complexity index is 992. The summed E-state index contributed by atoms with van der Waals surface area (Å²) in [6.07, 6.45) is 3.11. The largest absolute Gasteiger partial charge is 0.504 e. The van der Waals surface area contributed by atoms with Gasteiger partial charge in [-0.15, -0.1) is 11.3 Å². The first-order valence-electron chi connectivity index (χ1n) is 9.32. The van der Waals surface area contributed by atoms with Gasteiger partial charge in [0.25, 0.3) is 0 Å². The molecule has 5 rings (SSSR count). The molecule has 0 spiro atoms. The third-order valence-corrected chi connectivity index (χ3v) is 6.51. The zero-order chi connectivity index (χ0) is 18.4. The van der Waals surface area contributed by atoms with Crippen LogP contribution < -0.4 is 4.74 Å². The average molecular weight is 380 g/mol. The lowest BCUT2D eigenvalue weighted by atomic mass is 9.84. The van der Waals surface area contributed by atoms with Crippen LogP contribution in [0.4, 0.5) is 0 Å². The van der Waals surface area contributed by atoms with E-state index in [1.54, 1.807) is 17.4 Å². The summed E-state index contributed by atoms with van der Waals surface area (Å²) in [5.74, 6) is 0.971. The van der Waals surface area contributed by atoms with Gasteiger partial charge >= 0.3 is 0 Å². The number of carbonyl (C=O) groups is 1. The van der Waals surface area contributed by atoms with Crippen molar-refractivity contribution in [1.82, 2.24) is 9.88 Å². The third kappa shape index (κ3) is 2.94. The zero-order valence-electron chi connectivity index (χ0n) is 14.9. The second kappa shape index (κ2) is 6.53. The lowest BCUT2D eigenvalue weighted by Crippen LogP contribution is -2.39. The van der Waals surface area contributed by atoms with Gasteiger partial charge in [0.15, 0.2) is 11.5 Å². The summed E-state index contributed by atoms with van der Waals surface area (Å²) in [6, 6.07) is 11.7. The minimum absolute atomic E-state index is 0.111. The topological polar surface area (TPSA) is 62.7 Å². The molecule has 27 heavy (non-hydrogen) atoms. The summed E-state index contributed by atoms with van der Waals surface area (Å²) in [7, 11) is 0. The molecule has 0 bridgehead atoms. The fourth-order valence-corrected chi connectivity index (χ4v) is 4.67. The number of fused-ring (bicyclic) bond motifs is 2. The SMILES string of the molecule is O=C(C1CCC1)N1CCOc2c(O)cc(-c3nc4ccccc4s3)cc2C1. The van der Waals surface area contributed by atoms with Crippen LogP contribution in [0.5, 0.6) is 11.5 Å². The quantitative estimate of drug-likeness (QED) is 0.724. The highest BCUT2D eigenvalue weighted by Crippen LogP contribution is 2.40. The van der Waals surface area contributed by atoms with E-state index in [9.17, 15) is 9.90 Å². The predicted molar refractivity (Wildman–Crippen MR) is 105 cm³/mol. The number of thiazole rings is 1. The molecule has 1 amide bonds.